The van der Waals surface area contributed by atoms with Crippen LogP contribution in [0.4, 0.5) is 0 Å². The van der Waals surface area contributed by atoms with Gasteiger partial charge < -0.3 is 5.73 Å². The molecular weight excluding hydrogens is 158 g/mol. The van der Waals surface area contributed by atoms with Gasteiger partial charge in [-0.05, 0) is 23.6 Å². The first-order chi connectivity index (χ1) is 5.33. The van der Waals surface area contributed by atoms with Crippen LogP contribution in [-0.4, -0.2) is 12.3 Å². The van der Waals surface area contributed by atoms with Crippen LogP contribution in [0.2, 0.25) is 0 Å². The summed E-state index contributed by atoms with van der Waals surface area (Å²) in [6.45, 7) is 0.0852. The summed E-state index contributed by atoms with van der Waals surface area (Å²) >= 11 is 1.60. The molecule has 1 rings (SSSR count). The van der Waals surface area contributed by atoms with E-state index in [-0.39, 0.29) is 12.3 Å². The molecule has 2 nitrogen and oxygen atoms in total. The van der Waals surface area contributed by atoms with Crippen LogP contribution >= 0.6 is 11.3 Å². The van der Waals surface area contributed by atoms with E-state index in [1.54, 1.807) is 17.4 Å². The topological polar surface area (TPSA) is 43.1 Å². The van der Waals surface area contributed by atoms with E-state index in [2.05, 4.69) is 0 Å². The van der Waals surface area contributed by atoms with Crippen LogP contribution in [0.15, 0.2) is 23.6 Å². The zero-order valence-electron chi connectivity index (χ0n) is 5.99. The van der Waals surface area contributed by atoms with Gasteiger partial charge in [-0.1, -0.05) is 6.07 Å². The second-order valence-corrected chi connectivity index (χ2v) is 3.00. The maximum Gasteiger partial charge on any atom is 0.169 e. The fraction of sp³-hybridized carbons (Fsp3) is 0.125. The van der Waals surface area contributed by atoms with Crippen LogP contribution in [-0.2, 0) is 4.79 Å². The SMILES string of the molecule is NCC(=O)/C=C/c1cccs1. The molecule has 2 N–H and O–H groups in total. The first-order valence-corrected chi connectivity index (χ1v) is 4.15. The molecule has 58 valence electrons. The Morgan fingerprint density at radius 1 is 1.73 bits per heavy atom. The Kier molecular flexibility index (Phi) is 3.01. The minimum atomic E-state index is -0.0431. The molecule has 0 aliphatic rings. The summed E-state index contributed by atoms with van der Waals surface area (Å²) in [5.41, 5.74) is 5.11. The molecule has 0 saturated carbocycles. The van der Waals surface area contributed by atoms with Crippen molar-refractivity contribution in [2.24, 2.45) is 5.73 Å². The van der Waals surface area contributed by atoms with Crippen molar-refractivity contribution in [3.05, 3.63) is 28.5 Å². The van der Waals surface area contributed by atoms with E-state index < -0.39 is 0 Å². The van der Waals surface area contributed by atoms with Gasteiger partial charge >= 0.3 is 0 Å². The van der Waals surface area contributed by atoms with Crippen LogP contribution < -0.4 is 5.73 Å². The van der Waals surface area contributed by atoms with Crippen molar-refractivity contribution in [1.29, 1.82) is 0 Å². The van der Waals surface area contributed by atoms with Crippen LogP contribution in [0.3, 0.4) is 0 Å². The molecule has 1 heterocycles. The molecule has 1 aromatic heterocycles. The van der Waals surface area contributed by atoms with Gasteiger partial charge in [-0.2, -0.15) is 0 Å². The van der Waals surface area contributed by atoms with Crippen molar-refractivity contribution in [1.82, 2.24) is 0 Å². The summed E-state index contributed by atoms with van der Waals surface area (Å²) in [5.74, 6) is -0.0431. The van der Waals surface area contributed by atoms with Gasteiger partial charge in [0.1, 0.15) is 0 Å². The lowest BCUT2D eigenvalue weighted by Crippen LogP contribution is -2.09. The lowest BCUT2D eigenvalue weighted by molar-refractivity contribution is -0.113. The predicted molar refractivity (Wildman–Crippen MR) is 47.4 cm³/mol. The number of hydrogen-bond acceptors (Lipinski definition) is 3. The van der Waals surface area contributed by atoms with Gasteiger partial charge in [0.2, 0.25) is 0 Å². The monoisotopic (exact) mass is 167 g/mol. The first kappa shape index (κ1) is 8.17. The summed E-state index contributed by atoms with van der Waals surface area (Å²) < 4.78 is 0. The minimum absolute atomic E-state index is 0.0431. The molecule has 1 aromatic rings. The zero-order valence-corrected chi connectivity index (χ0v) is 6.80. The fourth-order valence-electron chi connectivity index (χ4n) is 0.629. The average Bonchev–Trinajstić information content (AvgIpc) is 2.52. The number of carbonyl (C=O) groups is 1. The van der Waals surface area contributed by atoms with Crippen molar-refractivity contribution in [2.45, 2.75) is 0 Å². The molecule has 0 saturated heterocycles. The molecule has 3 heteroatoms. The Morgan fingerprint density at radius 3 is 3.09 bits per heavy atom. The van der Waals surface area contributed by atoms with Gasteiger partial charge in [0.15, 0.2) is 5.78 Å². The molecule has 0 aliphatic carbocycles. The highest BCUT2D eigenvalue weighted by Gasteiger charge is 1.90. The summed E-state index contributed by atoms with van der Waals surface area (Å²) in [6.07, 6.45) is 3.28. The number of nitrogens with two attached hydrogens (primary N) is 1. The highest BCUT2D eigenvalue weighted by molar-refractivity contribution is 7.10. The van der Waals surface area contributed by atoms with Crippen molar-refractivity contribution < 1.29 is 4.79 Å². The highest BCUT2D eigenvalue weighted by atomic mass is 32.1. The number of hydrogen-bond donors (Lipinski definition) is 1. The third-order valence-electron chi connectivity index (χ3n) is 1.18. The number of thiophene rings is 1. The van der Waals surface area contributed by atoms with E-state index in [0.717, 1.165) is 4.88 Å². The number of rotatable bonds is 3. The average molecular weight is 167 g/mol. The molecule has 0 amide bonds. The largest absolute Gasteiger partial charge is 0.324 e. The van der Waals surface area contributed by atoms with Crippen LogP contribution in [0.1, 0.15) is 4.88 Å². The van der Waals surface area contributed by atoms with E-state index >= 15 is 0 Å². The third kappa shape index (κ3) is 2.65. The first-order valence-electron chi connectivity index (χ1n) is 3.27. The van der Waals surface area contributed by atoms with Gasteiger partial charge in [0.05, 0.1) is 6.54 Å². The summed E-state index contributed by atoms with van der Waals surface area (Å²) in [4.78, 5) is 11.8. The lowest BCUT2D eigenvalue weighted by atomic mass is 10.3. The maximum atomic E-state index is 10.7. The van der Waals surface area contributed by atoms with Gasteiger partial charge in [0.25, 0.3) is 0 Å². The molecule has 0 bridgehead atoms. The Morgan fingerprint density at radius 2 is 2.55 bits per heavy atom. The van der Waals surface area contributed by atoms with Gasteiger partial charge in [-0.25, -0.2) is 0 Å². The normalized spacial score (nSPS) is 10.6. The Hall–Kier alpha value is -0.930. The smallest absolute Gasteiger partial charge is 0.169 e. The molecule has 0 spiro atoms. The minimum Gasteiger partial charge on any atom is -0.324 e. The molecule has 0 radical (unpaired) electrons. The molecule has 0 atom stereocenters. The van der Waals surface area contributed by atoms with Crippen molar-refractivity contribution in [3.8, 4) is 0 Å². The maximum absolute atomic E-state index is 10.7. The second kappa shape index (κ2) is 4.05. The predicted octanol–water partition coefficient (Wildman–Crippen LogP) is 1.29. The molecule has 11 heavy (non-hydrogen) atoms. The van der Waals surface area contributed by atoms with E-state index in [0.29, 0.717) is 0 Å². The van der Waals surface area contributed by atoms with Crippen LogP contribution in [0.25, 0.3) is 6.08 Å². The van der Waals surface area contributed by atoms with E-state index in [1.165, 1.54) is 6.08 Å². The summed E-state index contributed by atoms with van der Waals surface area (Å²) in [6, 6.07) is 3.89. The van der Waals surface area contributed by atoms with Crippen molar-refractivity contribution >= 4 is 23.2 Å². The summed E-state index contributed by atoms with van der Waals surface area (Å²) in [7, 11) is 0. The van der Waals surface area contributed by atoms with Crippen LogP contribution in [0.5, 0.6) is 0 Å². The Bertz CT molecular complexity index is 251. The Labute approximate surface area is 69.3 Å². The van der Waals surface area contributed by atoms with Crippen molar-refractivity contribution in [3.63, 3.8) is 0 Å². The lowest BCUT2D eigenvalue weighted by Gasteiger charge is -1.83. The summed E-state index contributed by atoms with van der Waals surface area (Å²) in [5, 5.41) is 1.96. The zero-order chi connectivity index (χ0) is 8.10. The van der Waals surface area contributed by atoms with E-state index in [1.807, 2.05) is 17.5 Å². The molecule has 0 aliphatic heterocycles. The molecular formula is C8H9NOS. The van der Waals surface area contributed by atoms with E-state index in [9.17, 15) is 4.79 Å². The van der Waals surface area contributed by atoms with Gasteiger partial charge in [-0.3, -0.25) is 4.79 Å². The third-order valence-corrected chi connectivity index (χ3v) is 2.02. The van der Waals surface area contributed by atoms with Gasteiger partial charge in [0, 0.05) is 4.88 Å². The standard InChI is InChI=1S/C8H9NOS/c9-6-7(10)3-4-8-2-1-5-11-8/h1-5H,6,9H2/b4-3+. The van der Waals surface area contributed by atoms with Gasteiger partial charge in [-0.15, -0.1) is 11.3 Å². The van der Waals surface area contributed by atoms with Crippen molar-refractivity contribution in [2.75, 3.05) is 6.54 Å². The van der Waals surface area contributed by atoms with Crippen LogP contribution in [0, 0.1) is 0 Å². The molecule has 0 fully saturated rings. The quantitative estimate of drug-likeness (QED) is 0.689. The number of ketones is 1. The fourth-order valence-corrected chi connectivity index (χ4v) is 1.25. The van der Waals surface area contributed by atoms with E-state index in [4.69, 9.17) is 5.73 Å². The highest BCUT2D eigenvalue weighted by Crippen LogP contribution is 2.09. The Balaban J connectivity index is 2.55. The molecule has 0 aromatic carbocycles. The number of carbonyl (C=O) groups excluding carboxylic acids is 1. The molecule has 0 unspecified atom stereocenters. The second-order valence-electron chi connectivity index (χ2n) is 2.02.